The van der Waals surface area contributed by atoms with E-state index in [0.29, 0.717) is 11.4 Å². The number of para-hydroxylation sites is 1. The average Bonchev–Trinajstić information content (AvgIpc) is 2.83. The van der Waals surface area contributed by atoms with Gasteiger partial charge in [-0.05, 0) is 48.6 Å². The predicted octanol–water partition coefficient (Wildman–Crippen LogP) is 2.19. The zero-order valence-corrected chi connectivity index (χ0v) is 19.8. The third-order valence-corrected chi connectivity index (χ3v) is 5.68. The minimum atomic E-state index is -3.96. The number of hydrogen-bond donors (Lipinski definition) is 3. The van der Waals surface area contributed by atoms with Crippen LogP contribution in [0.25, 0.3) is 0 Å². The van der Waals surface area contributed by atoms with Crippen molar-refractivity contribution < 1.29 is 27.4 Å². The van der Waals surface area contributed by atoms with E-state index in [9.17, 15) is 13.2 Å². The first-order valence-electron chi connectivity index (χ1n) is 9.67. The highest BCUT2D eigenvalue weighted by Crippen LogP contribution is 2.21. The van der Waals surface area contributed by atoms with Crippen molar-refractivity contribution >= 4 is 44.8 Å². The van der Waals surface area contributed by atoms with Gasteiger partial charge in [0.2, 0.25) is 5.88 Å². The summed E-state index contributed by atoms with van der Waals surface area (Å²) in [5.41, 5.74) is 0.471. The molecule has 11 nitrogen and oxygen atoms in total. The van der Waals surface area contributed by atoms with Gasteiger partial charge in [-0.2, -0.15) is 9.97 Å². The van der Waals surface area contributed by atoms with E-state index in [0.717, 1.165) is 0 Å². The topological polar surface area (TPSA) is 141 Å². The van der Waals surface area contributed by atoms with Crippen LogP contribution in [0.5, 0.6) is 17.6 Å². The predicted molar refractivity (Wildman–Crippen MR) is 129 cm³/mol. The summed E-state index contributed by atoms with van der Waals surface area (Å²) in [5.74, 6) is 0.225. The third-order valence-electron chi connectivity index (χ3n) is 4.10. The van der Waals surface area contributed by atoms with E-state index in [4.69, 9.17) is 26.4 Å². The van der Waals surface area contributed by atoms with Gasteiger partial charge in [0.1, 0.15) is 5.75 Å². The summed E-state index contributed by atoms with van der Waals surface area (Å²) in [5, 5.41) is 5.33. The number of amides is 1. The molecule has 3 aromatic rings. The van der Waals surface area contributed by atoms with E-state index >= 15 is 0 Å². The van der Waals surface area contributed by atoms with Crippen molar-refractivity contribution in [2.75, 3.05) is 30.9 Å². The molecule has 1 aromatic heterocycles. The molecule has 0 unspecified atom stereocenters. The number of hydrogen-bond acceptors (Lipinski definition) is 9. The van der Waals surface area contributed by atoms with Crippen molar-refractivity contribution in [3.63, 3.8) is 0 Å². The number of ether oxygens (including phenoxy) is 3. The van der Waals surface area contributed by atoms with E-state index in [1.807, 2.05) is 6.07 Å². The Morgan fingerprint density at radius 2 is 1.71 bits per heavy atom. The number of anilines is 2. The molecule has 0 aliphatic rings. The lowest BCUT2D eigenvalue weighted by atomic mass is 10.3. The molecule has 178 valence electrons. The van der Waals surface area contributed by atoms with Crippen molar-refractivity contribution in [3.05, 3.63) is 60.7 Å². The van der Waals surface area contributed by atoms with E-state index in [2.05, 4.69) is 25.3 Å². The Morgan fingerprint density at radius 3 is 2.35 bits per heavy atom. The number of aromatic nitrogens is 2. The van der Waals surface area contributed by atoms with E-state index in [1.165, 1.54) is 44.6 Å². The standard InChI is InChI=1S/C21H21N5O6S2/c1-30-19-12-17(23-20(25-19)31-2)26-34(28,29)16-10-8-14(9-11-16)22-21(33)24-18(27)13-32-15-6-4-3-5-7-15/h3-12H,13H2,1-2H3,(H,23,25,26)(H2,22,24,27,33). The van der Waals surface area contributed by atoms with Crippen LogP contribution in [0.2, 0.25) is 0 Å². The minimum Gasteiger partial charge on any atom is -0.484 e. The molecule has 0 spiro atoms. The van der Waals surface area contributed by atoms with Gasteiger partial charge in [0.25, 0.3) is 15.9 Å². The second kappa shape index (κ2) is 11.2. The Balaban J connectivity index is 1.57. The first-order chi connectivity index (χ1) is 16.3. The summed E-state index contributed by atoms with van der Waals surface area (Å²) in [6, 6.07) is 15.9. The fourth-order valence-electron chi connectivity index (χ4n) is 2.56. The van der Waals surface area contributed by atoms with Crippen LogP contribution in [0.4, 0.5) is 11.5 Å². The number of nitrogens with zero attached hydrogens (tertiary/aromatic N) is 2. The van der Waals surface area contributed by atoms with Gasteiger partial charge in [0, 0.05) is 11.8 Å². The number of sulfonamides is 1. The molecule has 0 saturated carbocycles. The first-order valence-corrected chi connectivity index (χ1v) is 11.6. The van der Waals surface area contributed by atoms with Gasteiger partial charge in [-0.15, -0.1) is 0 Å². The maximum absolute atomic E-state index is 12.7. The molecule has 0 bridgehead atoms. The first kappa shape index (κ1) is 24.7. The zero-order chi connectivity index (χ0) is 24.6. The number of carbonyl (C=O) groups excluding carboxylic acids is 1. The van der Waals surface area contributed by atoms with Crippen LogP contribution < -0.4 is 29.6 Å². The molecule has 0 aliphatic heterocycles. The van der Waals surface area contributed by atoms with Crippen LogP contribution in [0.15, 0.2) is 65.6 Å². The monoisotopic (exact) mass is 503 g/mol. The van der Waals surface area contributed by atoms with Gasteiger partial charge in [0.05, 0.1) is 19.1 Å². The Bertz CT molecular complexity index is 1230. The number of carbonyl (C=O) groups is 1. The molecular weight excluding hydrogens is 482 g/mol. The molecule has 1 heterocycles. The fourth-order valence-corrected chi connectivity index (χ4v) is 3.78. The van der Waals surface area contributed by atoms with Crippen molar-refractivity contribution in [3.8, 4) is 17.6 Å². The molecule has 34 heavy (non-hydrogen) atoms. The molecule has 0 saturated heterocycles. The average molecular weight is 504 g/mol. The van der Waals surface area contributed by atoms with E-state index in [1.54, 1.807) is 24.3 Å². The van der Waals surface area contributed by atoms with Crippen LogP contribution in [0.1, 0.15) is 0 Å². The second-order valence-electron chi connectivity index (χ2n) is 6.52. The van der Waals surface area contributed by atoms with Crippen molar-refractivity contribution in [1.82, 2.24) is 15.3 Å². The lowest BCUT2D eigenvalue weighted by Crippen LogP contribution is -2.37. The number of benzene rings is 2. The normalized spacial score (nSPS) is 10.6. The molecular formula is C21H21N5O6S2. The van der Waals surface area contributed by atoms with Crippen molar-refractivity contribution in [1.29, 1.82) is 0 Å². The number of nitrogens with one attached hydrogen (secondary N) is 3. The molecule has 2 aromatic carbocycles. The summed E-state index contributed by atoms with van der Waals surface area (Å²) in [6.45, 7) is -0.215. The lowest BCUT2D eigenvalue weighted by Gasteiger charge is -2.12. The minimum absolute atomic E-state index is 0.0208. The summed E-state index contributed by atoms with van der Waals surface area (Å²) in [7, 11) is -1.23. The molecule has 0 radical (unpaired) electrons. The van der Waals surface area contributed by atoms with E-state index < -0.39 is 15.9 Å². The molecule has 3 N–H and O–H groups in total. The quantitative estimate of drug-likeness (QED) is 0.372. The van der Waals surface area contributed by atoms with E-state index in [-0.39, 0.29) is 34.3 Å². The summed E-state index contributed by atoms with van der Waals surface area (Å²) >= 11 is 5.12. The van der Waals surface area contributed by atoms with Gasteiger partial charge in [0.15, 0.2) is 17.5 Å². The molecule has 0 aliphatic carbocycles. The molecule has 13 heteroatoms. The van der Waals surface area contributed by atoms with Crippen LogP contribution in [0.3, 0.4) is 0 Å². The van der Waals surface area contributed by atoms with Gasteiger partial charge >= 0.3 is 6.01 Å². The summed E-state index contributed by atoms with van der Waals surface area (Å²) < 4.78 is 43.0. The lowest BCUT2D eigenvalue weighted by molar-refractivity contribution is -0.121. The Labute approximate surface area is 201 Å². The third kappa shape index (κ3) is 7.02. The van der Waals surface area contributed by atoms with Crippen molar-refractivity contribution in [2.45, 2.75) is 4.90 Å². The smallest absolute Gasteiger partial charge is 0.321 e. The molecule has 0 fully saturated rings. The molecule has 0 atom stereocenters. The Hall–Kier alpha value is -3.97. The maximum Gasteiger partial charge on any atom is 0.321 e. The largest absolute Gasteiger partial charge is 0.484 e. The number of thiocarbonyl (C=S) groups is 1. The zero-order valence-electron chi connectivity index (χ0n) is 18.1. The van der Waals surface area contributed by atoms with Crippen LogP contribution in [-0.4, -0.2) is 50.2 Å². The van der Waals surface area contributed by atoms with Crippen LogP contribution in [-0.2, 0) is 14.8 Å². The van der Waals surface area contributed by atoms with Gasteiger partial charge in [-0.3, -0.25) is 14.8 Å². The molecule has 3 rings (SSSR count). The van der Waals surface area contributed by atoms with Crippen LogP contribution >= 0.6 is 12.2 Å². The van der Waals surface area contributed by atoms with Crippen molar-refractivity contribution in [2.24, 2.45) is 0 Å². The SMILES string of the molecule is COc1cc(NS(=O)(=O)c2ccc(NC(=S)NC(=O)COc3ccccc3)cc2)nc(OC)n1. The second-order valence-corrected chi connectivity index (χ2v) is 8.61. The summed E-state index contributed by atoms with van der Waals surface area (Å²) in [6.07, 6.45) is 0. The number of rotatable bonds is 9. The Morgan fingerprint density at radius 1 is 1.00 bits per heavy atom. The Kier molecular flexibility index (Phi) is 8.16. The highest BCUT2D eigenvalue weighted by atomic mass is 32.2. The van der Waals surface area contributed by atoms with Gasteiger partial charge in [-0.1, -0.05) is 18.2 Å². The van der Waals surface area contributed by atoms with Crippen LogP contribution in [0, 0.1) is 0 Å². The highest BCUT2D eigenvalue weighted by Gasteiger charge is 2.17. The fraction of sp³-hybridized carbons (Fsp3) is 0.143. The summed E-state index contributed by atoms with van der Waals surface area (Å²) in [4.78, 5) is 19.8. The maximum atomic E-state index is 12.7. The van der Waals surface area contributed by atoms with Gasteiger partial charge in [-0.25, -0.2) is 8.42 Å². The molecule has 1 amide bonds. The highest BCUT2D eigenvalue weighted by molar-refractivity contribution is 7.92. The van der Waals surface area contributed by atoms with Gasteiger partial charge < -0.3 is 19.5 Å². The number of methoxy groups -OCH3 is 2.